The molecule has 0 atom stereocenters. The van der Waals surface area contributed by atoms with Crippen molar-refractivity contribution in [3.8, 4) is 16.8 Å². The van der Waals surface area contributed by atoms with Crippen LogP contribution >= 0.6 is 11.6 Å². The first-order chi connectivity index (χ1) is 14.1. The molecule has 0 aliphatic carbocycles. The van der Waals surface area contributed by atoms with Crippen LogP contribution in [0.15, 0.2) is 84.0 Å². The molecule has 0 bridgehead atoms. The van der Waals surface area contributed by atoms with Crippen LogP contribution < -0.4 is 5.56 Å². The fourth-order valence-electron chi connectivity index (χ4n) is 3.50. The molecule has 0 saturated carbocycles. The van der Waals surface area contributed by atoms with Crippen molar-refractivity contribution in [1.29, 1.82) is 0 Å². The number of rotatable bonds is 2. The van der Waals surface area contributed by atoms with Gasteiger partial charge in [-0.05, 0) is 48.0 Å². The second-order valence-corrected chi connectivity index (χ2v) is 7.05. The fraction of sp³-hybridized carbons (Fsp3) is 0. The highest BCUT2D eigenvalue weighted by Gasteiger charge is 2.13. The molecule has 6 heteroatoms. The minimum absolute atomic E-state index is 0.0409. The first-order valence-electron chi connectivity index (χ1n) is 8.92. The summed E-state index contributed by atoms with van der Waals surface area (Å²) in [5.41, 5.74) is 3.61. The molecule has 0 fully saturated rings. The Kier molecular flexibility index (Phi) is 4.11. The summed E-state index contributed by atoms with van der Waals surface area (Å²) < 4.78 is 15.2. The number of benzene rings is 2. The number of hydrogen-bond donors (Lipinski definition) is 0. The lowest BCUT2D eigenvalue weighted by molar-refractivity contribution is 0.628. The van der Waals surface area contributed by atoms with Crippen LogP contribution in [0.4, 0.5) is 4.39 Å². The van der Waals surface area contributed by atoms with Gasteiger partial charge in [0.25, 0.3) is 5.56 Å². The normalized spacial score (nSPS) is 11.2. The van der Waals surface area contributed by atoms with E-state index in [9.17, 15) is 9.18 Å². The summed E-state index contributed by atoms with van der Waals surface area (Å²) >= 11 is 5.98. The molecule has 3 heterocycles. The van der Waals surface area contributed by atoms with Crippen LogP contribution in [0, 0.1) is 5.82 Å². The van der Waals surface area contributed by atoms with Gasteiger partial charge in [-0.3, -0.25) is 19.3 Å². The van der Waals surface area contributed by atoms with Gasteiger partial charge in [-0.1, -0.05) is 23.7 Å². The van der Waals surface area contributed by atoms with E-state index in [-0.39, 0.29) is 10.6 Å². The minimum Gasteiger partial charge on any atom is -0.276 e. The van der Waals surface area contributed by atoms with Crippen molar-refractivity contribution in [2.75, 3.05) is 0 Å². The number of fused-ring (bicyclic) bond motifs is 3. The molecule has 0 amide bonds. The highest BCUT2D eigenvalue weighted by atomic mass is 35.5. The second-order valence-electron chi connectivity index (χ2n) is 6.64. The summed E-state index contributed by atoms with van der Waals surface area (Å²) in [6, 6.07) is 17.2. The second kappa shape index (κ2) is 6.79. The monoisotopic (exact) mass is 401 g/mol. The molecule has 5 aromatic rings. The van der Waals surface area contributed by atoms with Crippen molar-refractivity contribution >= 4 is 33.4 Å². The van der Waals surface area contributed by atoms with Crippen molar-refractivity contribution in [3.05, 3.63) is 100 Å². The zero-order valence-electron chi connectivity index (χ0n) is 15.0. The molecule has 29 heavy (non-hydrogen) atoms. The predicted molar refractivity (Wildman–Crippen MR) is 113 cm³/mol. The molecule has 0 aliphatic rings. The lowest BCUT2D eigenvalue weighted by Gasteiger charge is -2.13. The Bertz CT molecular complexity index is 1450. The summed E-state index contributed by atoms with van der Waals surface area (Å²) in [6.07, 6.45) is 5.23. The van der Waals surface area contributed by atoms with Gasteiger partial charge < -0.3 is 0 Å². The van der Waals surface area contributed by atoms with Gasteiger partial charge in [0.1, 0.15) is 5.82 Å². The smallest absolute Gasteiger partial charge is 0.255 e. The maximum absolute atomic E-state index is 13.7. The van der Waals surface area contributed by atoms with Crippen molar-refractivity contribution < 1.29 is 4.39 Å². The van der Waals surface area contributed by atoms with Crippen molar-refractivity contribution in [2.45, 2.75) is 0 Å². The van der Waals surface area contributed by atoms with Gasteiger partial charge in [0, 0.05) is 41.0 Å². The lowest BCUT2D eigenvalue weighted by Crippen LogP contribution is -2.17. The maximum atomic E-state index is 13.7. The van der Waals surface area contributed by atoms with Gasteiger partial charge >= 0.3 is 0 Å². The molecule has 0 spiro atoms. The molecule has 4 nitrogen and oxygen atoms in total. The molecule has 0 aliphatic heterocycles. The summed E-state index contributed by atoms with van der Waals surface area (Å²) in [5, 5.41) is 1.56. The molecule has 0 N–H and O–H groups in total. The molecule has 2 aromatic carbocycles. The average molecular weight is 402 g/mol. The van der Waals surface area contributed by atoms with E-state index in [0.717, 1.165) is 27.4 Å². The molecular weight excluding hydrogens is 389 g/mol. The Balaban J connectivity index is 1.89. The Labute approximate surface area is 169 Å². The number of hydrogen-bond acceptors (Lipinski definition) is 3. The van der Waals surface area contributed by atoms with Crippen LogP contribution in [0.3, 0.4) is 0 Å². The van der Waals surface area contributed by atoms with Crippen LogP contribution in [0.25, 0.3) is 38.6 Å². The van der Waals surface area contributed by atoms with E-state index in [2.05, 4.69) is 9.97 Å². The number of nitrogens with zero attached hydrogens (tertiary/aromatic N) is 3. The highest BCUT2D eigenvalue weighted by molar-refractivity contribution is 6.30. The third-order valence-electron chi connectivity index (χ3n) is 4.87. The van der Waals surface area contributed by atoms with Gasteiger partial charge in [0.15, 0.2) is 0 Å². The number of aromatic nitrogens is 3. The highest BCUT2D eigenvalue weighted by Crippen LogP contribution is 2.29. The third kappa shape index (κ3) is 2.96. The van der Waals surface area contributed by atoms with Crippen LogP contribution in [0.5, 0.6) is 0 Å². The van der Waals surface area contributed by atoms with Crippen LogP contribution in [0.2, 0.25) is 5.02 Å². The standard InChI is InChI=1S/C23H13ClFN3O/c24-19-11-17(5-6-20(19)25)28-22(29)8-4-16-13-27-21-7-3-14(10-18(21)23(16)28)15-2-1-9-26-12-15/h1-13H. The van der Waals surface area contributed by atoms with Crippen LogP contribution in [-0.4, -0.2) is 14.5 Å². The van der Waals surface area contributed by atoms with Crippen LogP contribution in [-0.2, 0) is 0 Å². The summed E-state index contributed by atoms with van der Waals surface area (Å²) in [7, 11) is 0. The van der Waals surface area contributed by atoms with E-state index in [1.165, 1.54) is 22.8 Å². The lowest BCUT2D eigenvalue weighted by atomic mass is 10.0. The van der Waals surface area contributed by atoms with Crippen molar-refractivity contribution in [1.82, 2.24) is 14.5 Å². The predicted octanol–water partition coefficient (Wildman–Crippen LogP) is 5.39. The quantitative estimate of drug-likeness (QED) is 0.372. The van der Waals surface area contributed by atoms with E-state index in [0.29, 0.717) is 11.2 Å². The van der Waals surface area contributed by atoms with Gasteiger partial charge in [-0.25, -0.2) is 4.39 Å². The Hall–Kier alpha value is -3.57. The fourth-order valence-corrected chi connectivity index (χ4v) is 3.68. The SMILES string of the molecule is O=c1ccc2cnc3ccc(-c4cccnc4)cc3c2n1-c1ccc(F)c(Cl)c1. The molecule has 0 saturated heterocycles. The molecule has 5 rings (SSSR count). The summed E-state index contributed by atoms with van der Waals surface area (Å²) in [6.45, 7) is 0. The number of halogens is 2. The van der Waals surface area contributed by atoms with E-state index in [4.69, 9.17) is 11.6 Å². The van der Waals surface area contributed by atoms with Crippen LogP contribution in [0.1, 0.15) is 0 Å². The van der Waals surface area contributed by atoms with E-state index in [1.807, 2.05) is 30.3 Å². The average Bonchev–Trinajstić information content (AvgIpc) is 2.76. The minimum atomic E-state index is -0.533. The Morgan fingerprint density at radius 3 is 2.62 bits per heavy atom. The zero-order chi connectivity index (χ0) is 20.0. The first kappa shape index (κ1) is 17.5. The van der Waals surface area contributed by atoms with Crippen molar-refractivity contribution in [2.24, 2.45) is 0 Å². The third-order valence-corrected chi connectivity index (χ3v) is 5.16. The molecule has 0 radical (unpaired) electrons. The largest absolute Gasteiger partial charge is 0.276 e. The van der Waals surface area contributed by atoms with Gasteiger partial charge in [0.05, 0.1) is 21.7 Å². The van der Waals surface area contributed by atoms with Crippen molar-refractivity contribution in [3.63, 3.8) is 0 Å². The Morgan fingerprint density at radius 2 is 1.83 bits per heavy atom. The number of pyridine rings is 3. The molecule has 0 unspecified atom stereocenters. The molecule has 140 valence electrons. The molecule has 3 aromatic heterocycles. The Morgan fingerprint density at radius 1 is 0.931 bits per heavy atom. The zero-order valence-corrected chi connectivity index (χ0v) is 15.8. The maximum Gasteiger partial charge on any atom is 0.255 e. The first-order valence-corrected chi connectivity index (χ1v) is 9.30. The topological polar surface area (TPSA) is 47.8 Å². The van der Waals surface area contributed by atoms with E-state index in [1.54, 1.807) is 30.7 Å². The van der Waals surface area contributed by atoms with E-state index >= 15 is 0 Å². The van der Waals surface area contributed by atoms with Gasteiger partial charge in [0.2, 0.25) is 0 Å². The molecular formula is C23H13ClFN3O. The summed E-state index contributed by atoms with van der Waals surface area (Å²) in [4.78, 5) is 21.5. The van der Waals surface area contributed by atoms with Gasteiger partial charge in [-0.15, -0.1) is 0 Å². The van der Waals surface area contributed by atoms with E-state index < -0.39 is 5.82 Å². The summed E-state index contributed by atoms with van der Waals surface area (Å²) in [5.74, 6) is -0.533. The van der Waals surface area contributed by atoms with Gasteiger partial charge in [-0.2, -0.15) is 0 Å².